The molecule has 0 saturated carbocycles. The minimum atomic E-state index is -4.23. The highest BCUT2D eigenvalue weighted by atomic mass is 19.4. The molecule has 0 fully saturated rings. The molecular formula is C10H12F3N. The van der Waals surface area contributed by atoms with E-state index in [4.69, 9.17) is 0 Å². The molecule has 0 amide bonds. The average Bonchev–Trinajstić information content (AvgIpc) is 2.02. The standard InChI is InChI=1S/C10H12F3N/c1-14(2)9(10(11,12)13)8-6-4-3-5-7-8/h3-7,9H,1-2H3. The molecule has 78 valence electrons. The molecule has 0 aliphatic heterocycles. The second-order valence-corrected chi connectivity index (χ2v) is 3.32. The van der Waals surface area contributed by atoms with Gasteiger partial charge in [-0.2, -0.15) is 13.2 Å². The van der Waals surface area contributed by atoms with Crippen LogP contribution in [-0.4, -0.2) is 25.2 Å². The van der Waals surface area contributed by atoms with Crippen LogP contribution in [0.5, 0.6) is 0 Å². The number of rotatable bonds is 2. The molecule has 0 bridgehead atoms. The highest BCUT2D eigenvalue weighted by molar-refractivity contribution is 5.20. The normalized spacial score (nSPS) is 14.4. The van der Waals surface area contributed by atoms with Crippen LogP contribution < -0.4 is 0 Å². The maximum atomic E-state index is 12.6. The summed E-state index contributed by atoms with van der Waals surface area (Å²) >= 11 is 0. The fraction of sp³-hybridized carbons (Fsp3) is 0.400. The Labute approximate surface area is 81.1 Å². The molecule has 1 rings (SSSR count). The Morgan fingerprint density at radius 2 is 1.57 bits per heavy atom. The number of halogens is 3. The SMILES string of the molecule is CN(C)C(c1ccccc1)C(F)(F)F. The third kappa shape index (κ3) is 2.48. The third-order valence-corrected chi connectivity index (χ3v) is 1.94. The molecule has 1 nitrogen and oxygen atoms in total. The highest BCUT2D eigenvalue weighted by Crippen LogP contribution is 2.35. The van der Waals surface area contributed by atoms with Gasteiger partial charge in [-0.15, -0.1) is 0 Å². The summed E-state index contributed by atoms with van der Waals surface area (Å²) in [6.07, 6.45) is -4.23. The molecule has 1 atom stereocenters. The predicted molar refractivity (Wildman–Crippen MR) is 48.9 cm³/mol. The van der Waals surface area contributed by atoms with Gasteiger partial charge in [0.1, 0.15) is 6.04 Å². The molecule has 4 heteroatoms. The second-order valence-electron chi connectivity index (χ2n) is 3.32. The Kier molecular flexibility index (Phi) is 3.16. The molecule has 1 unspecified atom stereocenters. The zero-order chi connectivity index (χ0) is 10.8. The molecule has 14 heavy (non-hydrogen) atoms. The van der Waals surface area contributed by atoms with Crippen molar-refractivity contribution in [1.82, 2.24) is 4.90 Å². The van der Waals surface area contributed by atoms with E-state index in [0.29, 0.717) is 0 Å². The van der Waals surface area contributed by atoms with Crippen molar-refractivity contribution in [3.63, 3.8) is 0 Å². The van der Waals surface area contributed by atoms with E-state index in [1.54, 1.807) is 18.2 Å². The lowest BCUT2D eigenvalue weighted by Gasteiger charge is -2.26. The molecule has 0 aliphatic carbocycles. The molecule has 1 aromatic carbocycles. The first kappa shape index (κ1) is 11.0. The minimum Gasteiger partial charge on any atom is -0.295 e. The van der Waals surface area contributed by atoms with Crippen molar-refractivity contribution in [1.29, 1.82) is 0 Å². The summed E-state index contributed by atoms with van der Waals surface area (Å²) in [7, 11) is 2.84. The van der Waals surface area contributed by atoms with Crippen LogP contribution in [0.3, 0.4) is 0 Å². The van der Waals surface area contributed by atoms with Crippen LogP contribution in [0.2, 0.25) is 0 Å². The lowest BCUT2D eigenvalue weighted by atomic mass is 10.1. The van der Waals surface area contributed by atoms with Gasteiger partial charge in [0.05, 0.1) is 0 Å². The summed E-state index contributed by atoms with van der Waals surface area (Å²) in [5.41, 5.74) is 0.269. The lowest BCUT2D eigenvalue weighted by Crippen LogP contribution is -2.33. The van der Waals surface area contributed by atoms with Gasteiger partial charge in [0.15, 0.2) is 0 Å². The minimum absolute atomic E-state index is 0.269. The van der Waals surface area contributed by atoms with E-state index in [1.165, 1.54) is 26.2 Å². The van der Waals surface area contributed by atoms with Gasteiger partial charge in [0.25, 0.3) is 0 Å². The van der Waals surface area contributed by atoms with E-state index in [0.717, 1.165) is 4.90 Å². The van der Waals surface area contributed by atoms with Crippen LogP contribution >= 0.6 is 0 Å². The van der Waals surface area contributed by atoms with Crippen molar-refractivity contribution >= 4 is 0 Å². The van der Waals surface area contributed by atoms with E-state index >= 15 is 0 Å². The number of hydrogen-bond acceptors (Lipinski definition) is 1. The van der Waals surface area contributed by atoms with Crippen molar-refractivity contribution < 1.29 is 13.2 Å². The largest absolute Gasteiger partial charge is 0.408 e. The molecular weight excluding hydrogens is 191 g/mol. The molecule has 1 aromatic rings. The summed E-state index contributed by atoms with van der Waals surface area (Å²) in [6, 6.07) is 6.36. The summed E-state index contributed by atoms with van der Waals surface area (Å²) in [6.45, 7) is 0. The van der Waals surface area contributed by atoms with E-state index in [2.05, 4.69) is 0 Å². The van der Waals surface area contributed by atoms with Crippen LogP contribution in [0.15, 0.2) is 30.3 Å². The van der Waals surface area contributed by atoms with E-state index in [9.17, 15) is 13.2 Å². The summed E-state index contributed by atoms with van der Waals surface area (Å²) < 4.78 is 37.8. The molecule has 0 radical (unpaired) electrons. The van der Waals surface area contributed by atoms with Gasteiger partial charge in [0.2, 0.25) is 0 Å². The van der Waals surface area contributed by atoms with Gasteiger partial charge in [-0.25, -0.2) is 0 Å². The van der Waals surface area contributed by atoms with E-state index in [1.807, 2.05) is 0 Å². The average molecular weight is 203 g/mol. The maximum Gasteiger partial charge on any atom is 0.408 e. The van der Waals surface area contributed by atoms with Crippen LogP contribution in [0, 0.1) is 0 Å². The smallest absolute Gasteiger partial charge is 0.295 e. The van der Waals surface area contributed by atoms with Crippen LogP contribution in [0.1, 0.15) is 11.6 Å². The molecule has 0 aliphatic rings. The summed E-state index contributed by atoms with van der Waals surface area (Å²) in [5.74, 6) is 0. The molecule has 0 N–H and O–H groups in total. The summed E-state index contributed by atoms with van der Waals surface area (Å²) in [5, 5.41) is 0. The lowest BCUT2D eigenvalue weighted by molar-refractivity contribution is -0.179. The molecule has 0 aromatic heterocycles. The Bertz CT molecular complexity index is 279. The monoisotopic (exact) mass is 203 g/mol. The molecule has 0 heterocycles. The Morgan fingerprint density at radius 3 is 1.93 bits per heavy atom. The first-order valence-corrected chi connectivity index (χ1v) is 4.21. The van der Waals surface area contributed by atoms with Crippen LogP contribution in [0.4, 0.5) is 13.2 Å². The Balaban J connectivity index is 3.02. The van der Waals surface area contributed by atoms with Gasteiger partial charge in [-0.1, -0.05) is 30.3 Å². The van der Waals surface area contributed by atoms with Crippen molar-refractivity contribution in [2.45, 2.75) is 12.2 Å². The quantitative estimate of drug-likeness (QED) is 0.714. The maximum absolute atomic E-state index is 12.6. The number of alkyl halides is 3. The van der Waals surface area contributed by atoms with Gasteiger partial charge >= 0.3 is 6.18 Å². The Hall–Kier alpha value is -1.03. The number of benzene rings is 1. The fourth-order valence-electron chi connectivity index (χ4n) is 1.42. The van der Waals surface area contributed by atoms with Crippen LogP contribution in [-0.2, 0) is 0 Å². The van der Waals surface area contributed by atoms with Crippen molar-refractivity contribution in [2.24, 2.45) is 0 Å². The van der Waals surface area contributed by atoms with Crippen molar-refractivity contribution in [2.75, 3.05) is 14.1 Å². The van der Waals surface area contributed by atoms with Crippen molar-refractivity contribution in [3.05, 3.63) is 35.9 Å². The third-order valence-electron chi connectivity index (χ3n) is 1.94. The van der Waals surface area contributed by atoms with Crippen molar-refractivity contribution in [3.8, 4) is 0 Å². The first-order valence-electron chi connectivity index (χ1n) is 4.21. The zero-order valence-corrected chi connectivity index (χ0v) is 8.05. The van der Waals surface area contributed by atoms with Gasteiger partial charge in [-0.05, 0) is 19.7 Å². The zero-order valence-electron chi connectivity index (χ0n) is 8.05. The topological polar surface area (TPSA) is 3.24 Å². The fourth-order valence-corrected chi connectivity index (χ4v) is 1.42. The highest BCUT2D eigenvalue weighted by Gasteiger charge is 2.42. The van der Waals surface area contributed by atoms with E-state index < -0.39 is 12.2 Å². The van der Waals surface area contributed by atoms with Gasteiger partial charge in [0, 0.05) is 0 Å². The number of nitrogens with zero attached hydrogens (tertiary/aromatic N) is 1. The molecule has 0 saturated heterocycles. The van der Waals surface area contributed by atoms with Crippen LogP contribution in [0.25, 0.3) is 0 Å². The number of hydrogen-bond donors (Lipinski definition) is 0. The van der Waals surface area contributed by atoms with Gasteiger partial charge < -0.3 is 0 Å². The van der Waals surface area contributed by atoms with Gasteiger partial charge in [-0.3, -0.25) is 4.90 Å². The summed E-state index contributed by atoms with van der Waals surface area (Å²) in [4.78, 5) is 1.16. The Morgan fingerprint density at radius 1 is 1.07 bits per heavy atom. The molecule has 0 spiro atoms. The second kappa shape index (κ2) is 4.00. The predicted octanol–water partition coefficient (Wildman–Crippen LogP) is 2.85. The first-order chi connectivity index (χ1) is 6.43. The van der Waals surface area contributed by atoms with E-state index in [-0.39, 0.29) is 5.56 Å².